The van der Waals surface area contributed by atoms with E-state index in [0.717, 1.165) is 18.8 Å². The molecule has 0 radical (unpaired) electrons. The van der Waals surface area contributed by atoms with Crippen LogP contribution in [-0.4, -0.2) is 42.1 Å². The predicted molar refractivity (Wildman–Crippen MR) is 61.0 cm³/mol. The van der Waals surface area contributed by atoms with Crippen molar-refractivity contribution in [3.63, 3.8) is 0 Å². The second-order valence-corrected chi connectivity index (χ2v) is 4.85. The number of piperazine rings is 1. The van der Waals surface area contributed by atoms with Crippen molar-refractivity contribution >= 4 is 5.69 Å². The normalized spacial score (nSPS) is 29.8. The van der Waals surface area contributed by atoms with Crippen molar-refractivity contribution in [2.45, 2.75) is 24.9 Å². The molecule has 0 amide bonds. The van der Waals surface area contributed by atoms with E-state index in [9.17, 15) is 4.39 Å². The molecule has 2 aliphatic rings. The molecule has 2 unspecified atom stereocenters. The van der Waals surface area contributed by atoms with Gasteiger partial charge in [0.25, 0.3) is 0 Å². The van der Waals surface area contributed by atoms with Crippen LogP contribution in [0.5, 0.6) is 0 Å². The highest BCUT2D eigenvalue weighted by atomic mass is 19.1. The molecule has 2 atom stereocenters. The van der Waals surface area contributed by atoms with Crippen LogP contribution in [-0.2, 0) is 0 Å². The predicted octanol–water partition coefficient (Wildman–Crippen LogP) is 1.50. The van der Waals surface area contributed by atoms with Gasteiger partial charge >= 0.3 is 0 Å². The van der Waals surface area contributed by atoms with Gasteiger partial charge in [0.15, 0.2) is 0 Å². The summed E-state index contributed by atoms with van der Waals surface area (Å²) in [6.07, 6.45) is 4.00. The second kappa shape index (κ2) is 3.70. The number of pyridine rings is 1. The maximum absolute atomic E-state index is 13.1. The zero-order valence-electron chi connectivity index (χ0n) is 9.43. The highest BCUT2D eigenvalue weighted by Crippen LogP contribution is 2.34. The molecule has 4 heteroatoms. The third-order valence-corrected chi connectivity index (χ3v) is 3.67. The van der Waals surface area contributed by atoms with Gasteiger partial charge < -0.3 is 9.80 Å². The minimum atomic E-state index is -0.379. The van der Waals surface area contributed by atoms with Crippen LogP contribution >= 0.6 is 0 Å². The molecule has 86 valence electrons. The van der Waals surface area contributed by atoms with E-state index >= 15 is 0 Å². The lowest BCUT2D eigenvalue weighted by molar-refractivity contribution is 0.264. The lowest BCUT2D eigenvalue weighted by Crippen LogP contribution is -2.52. The molecule has 0 aromatic carbocycles. The van der Waals surface area contributed by atoms with Gasteiger partial charge in [0, 0.05) is 43.1 Å². The summed E-state index contributed by atoms with van der Waals surface area (Å²) in [5.74, 6) is -0.379. The van der Waals surface area contributed by atoms with Crippen molar-refractivity contribution in [1.29, 1.82) is 0 Å². The molecule has 3 nitrogen and oxygen atoms in total. The molecule has 2 fully saturated rings. The van der Waals surface area contributed by atoms with Crippen molar-refractivity contribution in [3.05, 3.63) is 24.3 Å². The van der Waals surface area contributed by atoms with Gasteiger partial charge in [-0.05, 0) is 26.0 Å². The number of nitrogens with zero attached hydrogens (tertiary/aromatic N) is 3. The second-order valence-electron chi connectivity index (χ2n) is 4.85. The molecule has 2 bridgehead atoms. The minimum absolute atomic E-state index is 0.379. The van der Waals surface area contributed by atoms with E-state index in [1.54, 1.807) is 12.3 Å². The smallest absolute Gasteiger partial charge is 0.214 e. The van der Waals surface area contributed by atoms with Gasteiger partial charge in [0.05, 0.1) is 0 Å². The summed E-state index contributed by atoms with van der Waals surface area (Å²) < 4.78 is 13.1. The van der Waals surface area contributed by atoms with Crippen molar-refractivity contribution < 1.29 is 4.39 Å². The van der Waals surface area contributed by atoms with Gasteiger partial charge in [-0.15, -0.1) is 0 Å². The van der Waals surface area contributed by atoms with Crippen LogP contribution in [0.3, 0.4) is 0 Å². The van der Waals surface area contributed by atoms with Gasteiger partial charge in [-0.25, -0.2) is 4.98 Å². The molecule has 0 aliphatic carbocycles. The standard InChI is InChI=1S/C12H16FN3/c1-15-7-10-2-3-11(8-15)16(10)9-4-5-14-12(13)6-9/h4-6,10-11H,2-3,7-8H2,1H3. The Kier molecular flexibility index (Phi) is 2.32. The van der Waals surface area contributed by atoms with Crippen molar-refractivity contribution in [2.75, 3.05) is 25.0 Å². The van der Waals surface area contributed by atoms with E-state index in [1.807, 2.05) is 6.07 Å². The molecule has 3 rings (SSSR count). The van der Waals surface area contributed by atoms with Gasteiger partial charge in [-0.1, -0.05) is 0 Å². The number of fused-ring (bicyclic) bond motifs is 2. The van der Waals surface area contributed by atoms with Crippen molar-refractivity contribution in [1.82, 2.24) is 9.88 Å². The summed E-state index contributed by atoms with van der Waals surface area (Å²) in [6.45, 7) is 2.17. The van der Waals surface area contributed by atoms with Crippen LogP contribution in [0.2, 0.25) is 0 Å². The fourth-order valence-electron chi connectivity index (χ4n) is 3.09. The van der Waals surface area contributed by atoms with Crippen LogP contribution in [0.4, 0.5) is 10.1 Å². The highest BCUT2D eigenvalue weighted by molar-refractivity contribution is 5.49. The van der Waals surface area contributed by atoms with Gasteiger partial charge in [0.1, 0.15) is 0 Å². The maximum atomic E-state index is 13.1. The van der Waals surface area contributed by atoms with E-state index < -0.39 is 0 Å². The first-order valence-electron chi connectivity index (χ1n) is 5.82. The SMILES string of the molecule is CN1CC2CCC(C1)N2c1ccnc(F)c1. The minimum Gasteiger partial charge on any atom is -0.363 e. The Balaban J connectivity index is 1.91. The highest BCUT2D eigenvalue weighted by Gasteiger charge is 2.38. The van der Waals surface area contributed by atoms with Gasteiger partial charge in [-0.3, -0.25) is 0 Å². The van der Waals surface area contributed by atoms with Crippen molar-refractivity contribution in [2.24, 2.45) is 0 Å². The molecule has 0 saturated carbocycles. The van der Waals surface area contributed by atoms with Gasteiger partial charge in [-0.2, -0.15) is 4.39 Å². The van der Waals surface area contributed by atoms with Crippen LogP contribution in [0.15, 0.2) is 18.3 Å². The first kappa shape index (κ1) is 10.0. The van der Waals surface area contributed by atoms with Crippen LogP contribution in [0, 0.1) is 5.95 Å². The van der Waals surface area contributed by atoms with E-state index in [2.05, 4.69) is 21.8 Å². The van der Waals surface area contributed by atoms with Crippen LogP contribution < -0.4 is 4.90 Å². The molecule has 0 N–H and O–H groups in total. The number of likely N-dealkylation sites (N-methyl/N-ethyl adjacent to an activating group) is 1. The molecule has 2 saturated heterocycles. The van der Waals surface area contributed by atoms with Crippen molar-refractivity contribution in [3.8, 4) is 0 Å². The fraction of sp³-hybridized carbons (Fsp3) is 0.583. The first-order valence-corrected chi connectivity index (χ1v) is 5.82. The van der Waals surface area contributed by atoms with Gasteiger partial charge in [0.2, 0.25) is 5.95 Å². The lowest BCUT2D eigenvalue weighted by Gasteiger charge is -2.41. The molecule has 3 heterocycles. The number of rotatable bonds is 1. The monoisotopic (exact) mass is 221 g/mol. The Bertz CT molecular complexity index is 382. The summed E-state index contributed by atoms with van der Waals surface area (Å²) in [7, 11) is 2.16. The molecular formula is C12H16FN3. The number of anilines is 1. The summed E-state index contributed by atoms with van der Waals surface area (Å²) in [5, 5.41) is 0. The summed E-state index contributed by atoms with van der Waals surface area (Å²) in [4.78, 5) is 8.37. The Labute approximate surface area is 94.9 Å². The molecule has 1 aromatic heterocycles. The quantitative estimate of drug-likeness (QED) is 0.670. The number of hydrogen-bond donors (Lipinski definition) is 0. The summed E-state index contributed by atoms with van der Waals surface area (Å²) >= 11 is 0. The van der Waals surface area contributed by atoms with E-state index in [-0.39, 0.29) is 5.95 Å². The van der Waals surface area contributed by atoms with E-state index in [1.165, 1.54) is 12.8 Å². The van der Waals surface area contributed by atoms with E-state index in [0.29, 0.717) is 12.1 Å². The third-order valence-electron chi connectivity index (χ3n) is 3.67. The Hall–Kier alpha value is -1.16. The zero-order valence-corrected chi connectivity index (χ0v) is 9.43. The molecule has 1 aromatic rings. The van der Waals surface area contributed by atoms with Crippen LogP contribution in [0.25, 0.3) is 0 Å². The van der Waals surface area contributed by atoms with Crippen LogP contribution in [0.1, 0.15) is 12.8 Å². The Morgan fingerprint density at radius 1 is 1.31 bits per heavy atom. The lowest BCUT2D eigenvalue weighted by atomic mass is 10.1. The zero-order chi connectivity index (χ0) is 11.1. The Morgan fingerprint density at radius 3 is 2.62 bits per heavy atom. The number of aromatic nitrogens is 1. The summed E-state index contributed by atoms with van der Waals surface area (Å²) in [6, 6.07) is 4.56. The number of halogens is 1. The largest absolute Gasteiger partial charge is 0.363 e. The average Bonchev–Trinajstić information content (AvgIpc) is 2.51. The molecule has 0 spiro atoms. The maximum Gasteiger partial charge on any atom is 0.214 e. The van der Waals surface area contributed by atoms with E-state index in [4.69, 9.17) is 0 Å². The third kappa shape index (κ3) is 1.57. The molecule has 16 heavy (non-hydrogen) atoms. The number of hydrogen-bond acceptors (Lipinski definition) is 3. The average molecular weight is 221 g/mol. The first-order chi connectivity index (χ1) is 7.74. The molecule has 2 aliphatic heterocycles. The summed E-state index contributed by atoms with van der Waals surface area (Å²) in [5.41, 5.74) is 0.994. The Morgan fingerprint density at radius 2 is 2.00 bits per heavy atom. The number of likely N-dealkylation sites (tertiary alicyclic amines) is 1. The topological polar surface area (TPSA) is 19.4 Å². The fourth-order valence-corrected chi connectivity index (χ4v) is 3.09. The molecular weight excluding hydrogens is 205 g/mol.